The van der Waals surface area contributed by atoms with E-state index in [2.05, 4.69) is 0 Å². The molecule has 1 N–H and O–H groups in total. The molecule has 0 bridgehead atoms. The summed E-state index contributed by atoms with van der Waals surface area (Å²) in [5, 5.41) is 9.15. The first-order chi connectivity index (χ1) is 5.24. The molecule has 0 heterocycles. The lowest BCUT2D eigenvalue weighted by Gasteiger charge is -1.97. The lowest BCUT2D eigenvalue weighted by atomic mass is 10.2. The molecule has 1 aromatic carbocycles. The van der Waals surface area contributed by atoms with Crippen LogP contribution in [0.5, 0.6) is 5.75 Å². The molecule has 0 atom stereocenters. The Kier molecular flexibility index (Phi) is 2.26. The fourth-order valence-corrected chi connectivity index (χ4v) is 0.838. The van der Waals surface area contributed by atoms with Crippen LogP contribution in [0.1, 0.15) is 12.5 Å². The van der Waals surface area contributed by atoms with E-state index in [4.69, 9.17) is 5.11 Å². The molecule has 0 aliphatic rings. The Labute approximate surface area is 64.8 Å². The van der Waals surface area contributed by atoms with Gasteiger partial charge in [0.2, 0.25) is 0 Å². The van der Waals surface area contributed by atoms with Crippen LogP contribution in [0.3, 0.4) is 0 Å². The third-order valence-corrected chi connectivity index (χ3v) is 1.34. The summed E-state index contributed by atoms with van der Waals surface area (Å²) < 4.78 is 12.5. The topological polar surface area (TPSA) is 20.2 Å². The zero-order valence-corrected chi connectivity index (χ0v) is 6.21. The van der Waals surface area contributed by atoms with E-state index in [1.807, 2.05) is 6.92 Å². The molecule has 0 radical (unpaired) electrons. The summed E-state index contributed by atoms with van der Waals surface area (Å²) in [6.45, 7) is 1.81. The minimum absolute atomic E-state index is 0.101. The van der Waals surface area contributed by atoms with Gasteiger partial charge in [0.25, 0.3) is 0 Å². The zero-order valence-electron chi connectivity index (χ0n) is 6.21. The maximum atomic E-state index is 12.5. The summed E-state index contributed by atoms with van der Waals surface area (Å²) in [4.78, 5) is 0. The van der Waals surface area contributed by atoms with Crippen molar-refractivity contribution in [1.29, 1.82) is 0 Å². The Morgan fingerprint density at radius 2 is 2.18 bits per heavy atom. The molecule has 1 rings (SSSR count). The highest BCUT2D eigenvalue weighted by molar-refractivity contribution is 5.56. The van der Waals surface area contributed by atoms with Crippen molar-refractivity contribution in [3.63, 3.8) is 0 Å². The van der Waals surface area contributed by atoms with Crippen LogP contribution in [0, 0.1) is 5.82 Å². The third kappa shape index (κ3) is 1.80. The summed E-state index contributed by atoms with van der Waals surface area (Å²) in [5.41, 5.74) is 0.507. The van der Waals surface area contributed by atoms with Gasteiger partial charge < -0.3 is 5.11 Å². The smallest absolute Gasteiger partial charge is 0.124 e. The van der Waals surface area contributed by atoms with Gasteiger partial charge in [0.1, 0.15) is 11.6 Å². The number of hydrogen-bond acceptors (Lipinski definition) is 1. The van der Waals surface area contributed by atoms with Gasteiger partial charge in [-0.3, -0.25) is 0 Å². The lowest BCUT2D eigenvalue weighted by molar-refractivity contribution is 0.471. The quantitative estimate of drug-likeness (QED) is 0.655. The van der Waals surface area contributed by atoms with Gasteiger partial charge in [-0.2, -0.15) is 0 Å². The fourth-order valence-electron chi connectivity index (χ4n) is 0.838. The van der Waals surface area contributed by atoms with Crippen LogP contribution in [0.25, 0.3) is 6.08 Å². The molecular weight excluding hydrogens is 143 g/mol. The molecule has 0 spiro atoms. The zero-order chi connectivity index (χ0) is 8.27. The number of phenols is 1. The molecule has 0 saturated carbocycles. The van der Waals surface area contributed by atoms with Crippen LogP contribution < -0.4 is 0 Å². The molecule has 0 unspecified atom stereocenters. The molecule has 0 aromatic heterocycles. The number of aromatic hydroxyl groups is 1. The minimum atomic E-state index is -0.337. The van der Waals surface area contributed by atoms with E-state index < -0.39 is 0 Å². The van der Waals surface area contributed by atoms with E-state index in [1.54, 1.807) is 12.2 Å². The number of halogens is 1. The number of rotatable bonds is 1. The number of allylic oxidation sites excluding steroid dienone is 1. The summed E-state index contributed by atoms with van der Waals surface area (Å²) in [6, 6.07) is 3.85. The Morgan fingerprint density at radius 1 is 1.45 bits per heavy atom. The van der Waals surface area contributed by atoms with Crippen LogP contribution in [0.4, 0.5) is 4.39 Å². The number of benzene rings is 1. The Hall–Kier alpha value is -1.31. The van der Waals surface area contributed by atoms with Gasteiger partial charge in [-0.05, 0) is 25.1 Å². The van der Waals surface area contributed by atoms with Gasteiger partial charge in [0.05, 0.1) is 0 Å². The summed E-state index contributed by atoms with van der Waals surface area (Å²) in [5.74, 6) is -0.236. The molecule has 0 aliphatic carbocycles. The van der Waals surface area contributed by atoms with E-state index in [9.17, 15) is 4.39 Å². The summed E-state index contributed by atoms with van der Waals surface area (Å²) >= 11 is 0. The van der Waals surface area contributed by atoms with Gasteiger partial charge in [0.15, 0.2) is 0 Å². The van der Waals surface area contributed by atoms with Crippen LogP contribution in [0.15, 0.2) is 24.3 Å². The SMILES string of the molecule is C/C=C/c1cc(F)ccc1O. The molecule has 0 fully saturated rings. The summed E-state index contributed by atoms with van der Waals surface area (Å²) in [7, 11) is 0. The molecule has 0 aliphatic heterocycles. The second-order valence-corrected chi connectivity index (χ2v) is 2.20. The van der Waals surface area contributed by atoms with E-state index in [1.165, 1.54) is 18.2 Å². The maximum absolute atomic E-state index is 12.5. The van der Waals surface area contributed by atoms with Crippen molar-refractivity contribution in [1.82, 2.24) is 0 Å². The van der Waals surface area contributed by atoms with Crippen molar-refractivity contribution >= 4 is 6.08 Å². The second-order valence-electron chi connectivity index (χ2n) is 2.20. The maximum Gasteiger partial charge on any atom is 0.124 e. The van der Waals surface area contributed by atoms with Crippen molar-refractivity contribution < 1.29 is 9.50 Å². The van der Waals surface area contributed by atoms with E-state index in [0.29, 0.717) is 5.56 Å². The van der Waals surface area contributed by atoms with Crippen molar-refractivity contribution in [2.75, 3.05) is 0 Å². The van der Waals surface area contributed by atoms with E-state index in [-0.39, 0.29) is 11.6 Å². The lowest BCUT2D eigenvalue weighted by Crippen LogP contribution is -1.77. The second kappa shape index (κ2) is 3.19. The van der Waals surface area contributed by atoms with Crippen LogP contribution in [-0.4, -0.2) is 5.11 Å². The Balaban J connectivity index is 3.12. The van der Waals surface area contributed by atoms with E-state index >= 15 is 0 Å². The molecule has 1 aromatic rings. The predicted octanol–water partition coefficient (Wildman–Crippen LogP) is 2.56. The largest absolute Gasteiger partial charge is 0.507 e. The highest BCUT2D eigenvalue weighted by Crippen LogP contribution is 2.18. The van der Waals surface area contributed by atoms with Gasteiger partial charge in [-0.1, -0.05) is 12.2 Å². The molecule has 2 heteroatoms. The number of phenolic OH excluding ortho intramolecular Hbond substituents is 1. The average Bonchev–Trinajstić information content (AvgIpc) is 1.98. The van der Waals surface area contributed by atoms with Crippen molar-refractivity contribution in [3.05, 3.63) is 35.7 Å². The monoisotopic (exact) mass is 152 g/mol. The molecule has 0 saturated heterocycles. The van der Waals surface area contributed by atoms with Crippen LogP contribution in [0.2, 0.25) is 0 Å². The molecule has 11 heavy (non-hydrogen) atoms. The molecule has 1 nitrogen and oxygen atoms in total. The fraction of sp³-hybridized carbons (Fsp3) is 0.111. The average molecular weight is 152 g/mol. The van der Waals surface area contributed by atoms with Gasteiger partial charge in [-0.25, -0.2) is 4.39 Å². The molecular formula is C9H9FO. The Bertz CT molecular complexity index is 279. The number of hydrogen-bond donors (Lipinski definition) is 1. The molecule has 0 amide bonds. The standard InChI is InChI=1S/C9H9FO/c1-2-3-7-6-8(10)4-5-9(7)11/h2-6,11H,1H3/b3-2+. The van der Waals surface area contributed by atoms with Crippen molar-refractivity contribution in [2.45, 2.75) is 6.92 Å². The first kappa shape index (κ1) is 7.79. The minimum Gasteiger partial charge on any atom is -0.507 e. The van der Waals surface area contributed by atoms with Crippen LogP contribution in [-0.2, 0) is 0 Å². The first-order valence-electron chi connectivity index (χ1n) is 3.35. The van der Waals surface area contributed by atoms with Gasteiger partial charge >= 0.3 is 0 Å². The first-order valence-corrected chi connectivity index (χ1v) is 3.35. The summed E-state index contributed by atoms with van der Waals surface area (Å²) in [6.07, 6.45) is 3.40. The predicted molar refractivity (Wildman–Crippen MR) is 42.8 cm³/mol. The van der Waals surface area contributed by atoms with E-state index in [0.717, 1.165) is 0 Å². The van der Waals surface area contributed by atoms with Crippen LogP contribution >= 0.6 is 0 Å². The highest BCUT2D eigenvalue weighted by Gasteiger charge is 1.97. The third-order valence-electron chi connectivity index (χ3n) is 1.34. The van der Waals surface area contributed by atoms with Gasteiger partial charge in [-0.15, -0.1) is 0 Å². The molecule has 58 valence electrons. The van der Waals surface area contributed by atoms with Crippen molar-refractivity contribution in [3.8, 4) is 5.75 Å². The van der Waals surface area contributed by atoms with Gasteiger partial charge in [0, 0.05) is 5.56 Å². The normalized spacial score (nSPS) is 10.7. The van der Waals surface area contributed by atoms with Crippen molar-refractivity contribution in [2.24, 2.45) is 0 Å². The highest BCUT2D eigenvalue weighted by atomic mass is 19.1. The Morgan fingerprint density at radius 3 is 2.82 bits per heavy atom.